The monoisotopic (exact) mass is 220 g/mol. The summed E-state index contributed by atoms with van der Waals surface area (Å²) in [6, 6.07) is 2.83. The molecule has 0 bridgehead atoms. The fraction of sp³-hybridized carbons (Fsp3) is 0.222. The van der Waals surface area contributed by atoms with Crippen LogP contribution in [0.1, 0.15) is 15.9 Å². The third kappa shape index (κ3) is 2.01. The first-order chi connectivity index (χ1) is 6.07. The van der Waals surface area contributed by atoms with Gasteiger partial charge < -0.3 is 0 Å². The Morgan fingerprint density at radius 2 is 2.15 bits per heavy atom. The normalized spacial score (nSPS) is 10.2. The minimum atomic E-state index is -0.558. The van der Waals surface area contributed by atoms with E-state index in [1.54, 1.807) is 0 Å². The Labute approximate surface area is 85.5 Å². The van der Waals surface area contributed by atoms with Gasteiger partial charge in [-0.2, -0.15) is 0 Å². The highest BCUT2D eigenvalue weighted by Crippen LogP contribution is 2.21. The molecule has 1 nitrogen and oxygen atoms in total. The molecule has 0 atom stereocenters. The van der Waals surface area contributed by atoms with Crippen LogP contribution >= 0.6 is 23.2 Å². The topological polar surface area (TPSA) is 17.1 Å². The Kier molecular flexibility index (Phi) is 3.28. The summed E-state index contributed by atoms with van der Waals surface area (Å²) in [6.45, 7) is 1.50. The molecule has 0 aromatic heterocycles. The lowest BCUT2D eigenvalue weighted by Crippen LogP contribution is -2.04. The molecule has 13 heavy (non-hydrogen) atoms. The van der Waals surface area contributed by atoms with Crippen LogP contribution in [0.15, 0.2) is 12.1 Å². The van der Waals surface area contributed by atoms with Crippen molar-refractivity contribution in [2.45, 2.75) is 6.92 Å². The smallest absolute Gasteiger partial charge is 0.177 e. The van der Waals surface area contributed by atoms with E-state index < -0.39 is 5.82 Å². The van der Waals surface area contributed by atoms with E-state index in [0.29, 0.717) is 0 Å². The number of hydrogen-bond donors (Lipinski definition) is 0. The van der Waals surface area contributed by atoms with E-state index in [2.05, 4.69) is 0 Å². The van der Waals surface area contributed by atoms with E-state index in [0.717, 1.165) is 0 Å². The Morgan fingerprint density at radius 1 is 1.54 bits per heavy atom. The summed E-state index contributed by atoms with van der Waals surface area (Å²) < 4.78 is 13.2. The summed E-state index contributed by atoms with van der Waals surface area (Å²) >= 11 is 10.9. The Bertz CT molecular complexity index is 350. The van der Waals surface area contributed by atoms with Crippen molar-refractivity contribution in [2.75, 3.05) is 5.88 Å². The van der Waals surface area contributed by atoms with Crippen molar-refractivity contribution in [2.24, 2.45) is 0 Å². The van der Waals surface area contributed by atoms with Gasteiger partial charge in [0.2, 0.25) is 0 Å². The second kappa shape index (κ2) is 4.07. The van der Waals surface area contributed by atoms with Gasteiger partial charge in [-0.1, -0.05) is 11.6 Å². The van der Waals surface area contributed by atoms with Crippen molar-refractivity contribution in [1.29, 1.82) is 0 Å². The molecule has 0 aliphatic carbocycles. The van der Waals surface area contributed by atoms with E-state index in [9.17, 15) is 9.18 Å². The van der Waals surface area contributed by atoms with Crippen molar-refractivity contribution in [3.05, 3.63) is 34.1 Å². The zero-order valence-electron chi connectivity index (χ0n) is 6.90. The molecular weight excluding hydrogens is 214 g/mol. The van der Waals surface area contributed by atoms with E-state index in [1.165, 1.54) is 19.1 Å². The Hall–Kier alpha value is -0.600. The summed E-state index contributed by atoms with van der Waals surface area (Å²) in [7, 11) is 0. The van der Waals surface area contributed by atoms with Gasteiger partial charge in [0.25, 0.3) is 0 Å². The van der Waals surface area contributed by atoms with Crippen molar-refractivity contribution in [3.8, 4) is 0 Å². The van der Waals surface area contributed by atoms with E-state index in [1.807, 2.05) is 0 Å². The predicted molar refractivity (Wildman–Crippen MR) is 51.2 cm³/mol. The molecule has 1 aromatic rings. The summed E-state index contributed by atoms with van der Waals surface area (Å²) in [5.74, 6) is -1.01. The second-order valence-electron chi connectivity index (χ2n) is 2.59. The largest absolute Gasteiger partial charge is 0.293 e. The second-order valence-corrected chi connectivity index (χ2v) is 3.27. The number of rotatable bonds is 2. The number of hydrogen-bond acceptors (Lipinski definition) is 1. The predicted octanol–water partition coefficient (Wildman–Crippen LogP) is 3.21. The first kappa shape index (κ1) is 10.5. The zero-order valence-corrected chi connectivity index (χ0v) is 8.42. The van der Waals surface area contributed by atoms with Crippen LogP contribution in [-0.4, -0.2) is 11.7 Å². The van der Waals surface area contributed by atoms with Crippen molar-refractivity contribution in [3.63, 3.8) is 0 Å². The molecule has 0 radical (unpaired) electrons. The van der Waals surface area contributed by atoms with Gasteiger partial charge >= 0.3 is 0 Å². The highest BCUT2D eigenvalue weighted by atomic mass is 35.5. The quantitative estimate of drug-likeness (QED) is 0.553. The van der Waals surface area contributed by atoms with Crippen LogP contribution in [0.3, 0.4) is 0 Å². The third-order valence-corrected chi connectivity index (χ3v) is 2.30. The van der Waals surface area contributed by atoms with Crippen LogP contribution < -0.4 is 0 Å². The van der Waals surface area contributed by atoms with Gasteiger partial charge in [-0.3, -0.25) is 4.79 Å². The number of carbonyl (C=O) groups is 1. The first-order valence-electron chi connectivity index (χ1n) is 3.61. The molecule has 0 aliphatic heterocycles. The fourth-order valence-electron chi connectivity index (χ4n) is 1.03. The molecule has 70 valence electrons. The van der Waals surface area contributed by atoms with Crippen LogP contribution in [0.25, 0.3) is 0 Å². The average Bonchev–Trinajstić information content (AvgIpc) is 2.13. The highest BCUT2D eigenvalue weighted by molar-refractivity contribution is 6.32. The van der Waals surface area contributed by atoms with Crippen LogP contribution in [0, 0.1) is 12.7 Å². The molecule has 0 amide bonds. The third-order valence-electron chi connectivity index (χ3n) is 1.76. The number of halogens is 3. The molecule has 0 heterocycles. The van der Waals surface area contributed by atoms with Crippen molar-refractivity contribution >= 4 is 29.0 Å². The van der Waals surface area contributed by atoms with Crippen molar-refractivity contribution in [1.82, 2.24) is 0 Å². The Balaban J connectivity index is 3.26. The molecule has 0 N–H and O–H groups in total. The Morgan fingerprint density at radius 3 is 2.69 bits per heavy atom. The maximum absolute atomic E-state index is 13.2. The number of ketones is 1. The molecule has 0 aliphatic rings. The number of alkyl halides is 1. The lowest BCUT2D eigenvalue weighted by molar-refractivity contribution is 0.102. The van der Waals surface area contributed by atoms with Gasteiger partial charge in [0, 0.05) is 5.56 Å². The van der Waals surface area contributed by atoms with Gasteiger partial charge in [-0.25, -0.2) is 4.39 Å². The molecule has 4 heteroatoms. The first-order valence-corrected chi connectivity index (χ1v) is 4.53. The minimum absolute atomic E-state index is 0.0172. The molecular formula is C9H7Cl2FO. The van der Waals surface area contributed by atoms with E-state index >= 15 is 0 Å². The average molecular weight is 221 g/mol. The van der Waals surface area contributed by atoms with Crippen LogP contribution in [-0.2, 0) is 0 Å². The number of carbonyl (C=O) groups excluding carboxylic acids is 1. The molecule has 1 aromatic carbocycles. The molecule has 0 fully saturated rings. The SMILES string of the molecule is Cc1c(C(=O)CCl)ccc(Cl)c1F. The van der Waals surface area contributed by atoms with Gasteiger partial charge in [0.05, 0.1) is 10.9 Å². The standard InChI is InChI=1S/C9H7Cl2FO/c1-5-6(8(13)4-10)2-3-7(11)9(5)12/h2-3H,4H2,1H3. The molecule has 0 saturated heterocycles. The molecule has 0 saturated carbocycles. The molecule has 0 unspecified atom stereocenters. The highest BCUT2D eigenvalue weighted by Gasteiger charge is 2.13. The lowest BCUT2D eigenvalue weighted by Gasteiger charge is -2.04. The van der Waals surface area contributed by atoms with Crippen LogP contribution in [0.4, 0.5) is 4.39 Å². The number of benzene rings is 1. The molecule has 0 spiro atoms. The van der Waals surface area contributed by atoms with Crippen LogP contribution in [0.5, 0.6) is 0 Å². The summed E-state index contributed by atoms with van der Waals surface area (Å²) in [5, 5.41) is 0.0172. The zero-order chi connectivity index (χ0) is 10.0. The lowest BCUT2D eigenvalue weighted by atomic mass is 10.1. The summed E-state index contributed by atoms with van der Waals surface area (Å²) in [5.41, 5.74) is 0.537. The maximum Gasteiger partial charge on any atom is 0.177 e. The minimum Gasteiger partial charge on any atom is -0.293 e. The molecule has 1 rings (SSSR count). The van der Waals surface area contributed by atoms with E-state index in [4.69, 9.17) is 23.2 Å². The maximum atomic E-state index is 13.2. The summed E-state index contributed by atoms with van der Waals surface area (Å²) in [6.07, 6.45) is 0. The van der Waals surface area contributed by atoms with Gasteiger partial charge in [0.1, 0.15) is 5.82 Å². The van der Waals surface area contributed by atoms with Crippen LogP contribution in [0.2, 0.25) is 5.02 Å². The van der Waals surface area contributed by atoms with Crippen molar-refractivity contribution < 1.29 is 9.18 Å². The van der Waals surface area contributed by atoms with Gasteiger partial charge in [-0.15, -0.1) is 11.6 Å². The fourth-order valence-corrected chi connectivity index (χ4v) is 1.37. The van der Waals surface area contributed by atoms with Gasteiger partial charge in [-0.05, 0) is 24.6 Å². The van der Waals surface area contributed by atoms with E-state index in [-0.39, 0.29) is 27.8 Å². The number of Topliss-reactive ketones (excluding diaryl/α,β-unsaturated/α-hetero) is 1. The summed E-state index contributed by atoms with van der Waals surface area (Å²) in [4.78, 5) is 11.2. The van der Waals surface area contributed by atoms with Gasteiger partial charge in [0.15, 0.2) is 5.78 Å².